The second-order valence-corrected chi connectivity index (χ2v) is 3.68. The molecule has 2 N–H and O–H groups in total. The molecule has 3 heteroatoms. The van der Waals surface area contributed by atoms with Crippen molar-refractivity contribution in [2.75, 3.05) is 6.61 Å². The predicted octanol–water partition coefficient (Wildman–Crippen LogP) is 0.217. The van der Waals surface area contributed by atoms with Gasteiger partial charge >= 0.3 is 0 Å². The van der Waals surface area contributed by atoms with Crippen molar-refractivity contribution < 1.29 is 14.9 Å². The summed E-state index contributed by atoms with van der Waals surface area (Å²) in [6.07, 6.45) is 1.81. The standard InChI is InChI=1S/C9H14O3/c1-6-2-3-7(11)4-9(6)8(5-10)12-9/h7-8,10-11H,1-5H2. The molecule has 1 spiro atoms. The first-order valence-electron chi connectivity index (χ1n) is 4.34. The Bertz CT molecular complexity index is 214. The first-order chi connectivity index (χ1) is 5.69. The normalized spacial score (nSPS) is 46.7. The summed E-state index contributed by atoms with van der Waals surface area (Å²) in [5.41, 5.74) is 0.665. The molecule has 2 aliphatic rings. The van der Waals surface area contributed by atoms with E-state index in [9.17, 15) is 5.11 Å². The van der Waals surface area contributed by atoms with E-state index in [1.807, 2.05) is 0 Å². The van der Waals surface area contributed by atoms with E-state index in [4.69, 9.17) is 9.84 Å². The summed E-state index contributed by atoms with van der Waals surface area (Å²) >= 11 is 0. The summed E-state index contributed by atoms with van der Waals surface area (Å²) in [7, 11) is 0. The maximum atomic E-state index is 9.41. The molecule has 0 aromatic heterocycles. The molecule has 0 aromatic rings. The fourth-order valence-corrected chi connectivity index (χ4v) is 2.04. The molecular formula is C9H14O3. The predicted molar refractivity (Wildman–Crippen MR) is 43.7 cm³/mol. The first-order valence-corrected chi connectivity index (χ1v) is 4.34. The topological polar surface area (TPSA) is 53.0 Å². The molecule has 2 rings (SSSR count). The van der Waals surface area contributed by atoms with Crippen LogP contribution in [-0.4, -0.2) is 34.6 Å². The molecular weight excluding hydrogens is 156 g/mol. The summed E-state index contributed by atoms with van der Waals surface area (Å²) in [5.74, 6) is 0. The number of rotatable bonds is 1. The van der Waals surface area contributed by atoms with Gasteiger partial charge in [-0.3, -0.25) is 0 Å². The Morgan fingerprint density at radius 2 is 2.42 bits per heavy atom. The lowest BCUT2D eigenvalue weighted by molar-refractivity contribution is 0.107. The quantitative estimate of drug-likeness (QED) is 0.437. The highest BCUT2D eigenvalue weighted by Gasteiger charge is 2.59. The average Bonchev–Trinajstić information content (AvgIpc) is 2.73. The van der Waals surface area contributed by atoms with E-state index in [-0.39, 0.29) is 24.4 Å². The van der Waals surface area contributed by atoms with E-state index in [0.29, 0.717) is 6.42 Å². The lowest BCUT2D eigenvalue weighted by Gasteiger charge is -2.25. The van der Waals surface area contributed by atoms with Crippen LogP contribution in [0.1, 0.15) is 19.3 Å². The van der Waals surface area contributed by atoms with Crippen LogP contribution in [0, 0.1) is 0 Å². The van der Waals surface area contributed by atoms with Gasteiger partial charge in [0.25, 0.3) is 0 Å². The Kier molecular flexibility index (Phi) is 1.75. The Balaban J connectivity index is 2.09. The third-order valence-electron chi connectivity index (χ3n) is 2.90. The Morgan fingerprint density at radius 3 is 3.00 bits per heavy atom. The van der Waals surface area contributed by atoms with Crippen molar-refractivity contribution in [2.24, 2.45) is 0 Å². The zero-order chi connectivity index (χ0) is 8.77. The third-order valence-corrected chi connectivity index (χ3v) is 2.90. The fourth-order valence-electron chi connectivity index (χ4n) is 2.04. The number of hydrogen-bond donors (Lipinski definition) is 2. The lowest BCUT2D eigenvalue weighted by Crippen LogP contribution is -2.31. The molecule has 0 amide bonds. The van der Waals surface area contributed by atoms with Gasteiger partial charge in [-0.05, 0) is 18.4 Å². The maximum absolute atomic E-state index is 9.41. The second-order valence-electron chi connectivity index (χ2n) is 3.68. The number of hydrogen-bond acceptors (Lipinski definition) is 3. The molecule has 0 bridgehead atoms. The summed E-state index contributed by atoms with van der Waals surface area (Å²) in [4.78, 5) is 0. The van der Waals surface area contributed by atoms with Crippen LogP contribution in [0.4, 0.5) is 0 Å². The summed E-state index contributed by atoms with van der Waals surface area (Å²) < 4.78 is 5.37. The van der Waals surface area contributed by atoms with Gasteiger partial charge in [0.2, 0.25) is 0 Å². The van der Waals surface area contributed by atoms with E-state index in [2.05, 4.69) is 6.58 Å². The molecule has 2 fully saturated rings. The van der Waals surface area contributed by atoms with Gasteiger partial charge in [-0.25, -0.2) is 0 Å². The largest absolute Gasteiger partial charge is 0.394 e. The molecule has 3 unspecified atom stereocenters. The molecule has 1 saturated heterocycles. The highest BCUT2D eigenvalue weighted by Crippen LogP contribution is 2.50. The molecule has 3 atom stereocenters. The van der Waals surface area contributed by atoms with Crippen LogP contribution in [0.3, 0.4) is 0 Å². The van der Waals surface area contributed by atoms with Gasteiger partial charge in [-0.1, -0.05) is 6.58 Å². The number of epoxide rings is 1. The monoisotopic (exact) mass is 170 g/mol. The highest BCUT2D eigenvalue weighted by atomic mass is 16.6. The highest BCUT2D eigenvalue weighted by molar-refractivity contribution is 5.27. The van der Waals surface area contributed by atoms with Crippen LogP contribution < -0.4 is 0 Å². The summed E-state index contributed by atoms with van der Waals surface area (Å²) in [6, 6.07) is 0. The maximum Gasteiger partial charge on any atom is 0.120 e. The van der Waals surface area contributed by atoms with Crippen molar-refractivity contribution in [3.05, 3.63) is 12.2 Å². The molecule has 68 valence electrons. The van der Waals surface area contributed by atoms with Crippen LogP contribution in [-0.2, 0) is 4.74 Å². The Labute approximate surface area is 71.7 Å². The van der Waals surface area contributed by atoms with E-state index < -0.39 is 0 Å². The number of aliphatic hydroxyl groups is 2. The van der Waals surface area contributed by atoms with E-state index in [1.165, 1.54) is 0 Å². The van der Waals surface area contributed by atoms with E-state index in [1.54, 1.807) is 0 Å². The third kappa shape index (κ3) is 1.01. The fraction of sp³-hybridized carbons (Fsp3) is 0.778. The molecule has 1 aliphatic carbocycles. The SMILES string of the molecule is C=C1CCC(O)CC12OC2CO. The van der Waals surface area contributed by atoms with E-state index >= 15 is 0 Å². The van der Waals surface area contributed by atoms with Crippen LogP contribution in [0.2, 0.25) is 0 Å². The summed E-state index contributed by atoms with van der Waals surface area (Å²) in [6.45, 7) is 3.95. The van der Waals surface area contributed by atoms with Gasteiger partial charge in [0.1, 0.15) is 11.7 Å². The summed E-state index contributed by atoms with van der Waals surface area (Å²) in [5, 5.41) is 18.3. The minimum atomic E-state index is -0.369. The lowest BCUT2D eigenvalue weighted by atomic mass is 9.81. The first kappa shape index (κ1) is 8.23. The second kappa shape index (κ2) is 2.55. The molecule has 1 saturated carbocycles. The number of aliphatic hydroxyl groups excluding tert-OH is 2. The van der Waals surface area contributed by atoms with Crippen molar-refractivity contribution in [3.63, 3.8) is 0 Å². The Morgan fingerprint density at radius 1 is 1.67 bits per heavy atom. The van der Waals surface area contributed by atoms with Crippen molar-refractivity contribution in [3.8, 4) is 0 Å². The van der Waals surface area contributed by atoms with Crippen LogP contribution in [0.5, 0.6) is 0 Å². The molecule has 1 aliphatic heterocycles. The van der Waals surface area contributed by atoms with Gasteiger partial charge in [0.15, 0.2) is 0 Å². The molecule has 0 radical (unpaired) electrons. The van der Waals surface area contributed by atoms with E-state index in [0.717, 1.165) is 18.4 Å². The minimum Gasteiger partial charge on any atom is -0.394 e. The molecule has 1 heterocycles. The van der Waals surface area contributed by atoms with Gasteiger partial charge < -0.3 is 14.9 Å². The van der Waals surface area contributed by atoms with Crippen molar-refractivity contribution >= 4 is 0 Å². The van der Waals surface area contributed by atoms with Crippen molar-refractivity contribution in [2.45, 2.75) is 37.1 Å². The van der Waals surface area contributed by atoms with Crippen molar-refractivity contribution in [1.29, 1.82) is 0 Å². The Hall–Kier alpha value is -0.380. The van der Waals surface area contributed by atoms with Gasteiger partial charge in [0.05, 0.1) is 12.7 Å². The van der Waals surface area contributed by atoms with Crippen LogP contribution in [0.15, 0.2) is 12.2 Å². The molecule has 3 nitrogen and oxygen atoms in total. The van der Waals surface area contributed by atoms with Crippen LogP contribution in [0.25, 0.3) is 0 Å². The molecule has 12 heavy (non-hydrogen) atoms. The zero-order valence-corrected chi connectivity index (χ0v) is 6.99. The van der Waals surface area contributed by atoms with Crippen molar-refractivity contribution in [1.82, 2.24) is 0 Å². The minimum absolute atomic E-state index is 0.0335. The van der Waals surface area contributed by atoms with Gasteiger partial charge in [-0.15, -0.1) is 0 Å². The van der Waals surface area contributed by atoms with Gasteiger partial charge in [-0.2, -0.15) is 0 Å². The van der Waals surface area contributed by atoms with Gasteiger partial charge in [0, 0.05) is 6.42 Å². The zero-order valence-electron chi connectivity index (χ0n) is 6.99. The average molecular weight is 170 g/mol. The smallest absolute Gasteiger partial charge is 0.120 e. The molecule has 0 aromatic carbocycles. The van der Waals surface area contributed by atoms with Crippen LogP contribution >= 0.6 is 0 Å². The number of ether oxygens (including phenoxy) is 1.